The van der Waals surface area contributed by atoms with E-state index < -0.39 is 0 Å². The van der Waals surface area contributed by atoms with Gasteiger partial charge in [0.1, 0.15) is 0 Å². The van der Waals surface area contributed by atoms with Crippen molar-refractivity contribution in [2.24, 2.45) is 5.73 Å². The number of rotatable bonds is 2. The highest BCUT2D eigenvalue weighted by Gasteiger charge is 1.95. The van der Waals surface area contributed by atoms with E-state index in [1.54, 1.807) is 12.5 Å². The molecule has 2 N–H and O–H groups in total. The zero-order valence-corrected chi connectivity index (χ0v) is 8.45. The zero-order chi connectivity index (χ0) is 9.10. The smallest absolute Gasteiger partial charge is 0.0991 e. The third-order valence-electron chi connectivity index (χ3n) is 1.95. The Morgan fingerprint density at radius 3 is 2.86 bits per heavy atom. The maximum atomic E-state index is 5.55. The second kappa shape index (κ2) is 4.79. The van der Waals surface area contributed by atoms with Crippen LogP contribution in [0.3, 0.4) is 0 Å². The van der Waals surface area contributed by atoms with Crippen LogP contribution in [0.25, 0.3) is 5.69 Å². The molecule has 14 heavy (non-hydrogen) atoms. The quantitative estimate of drug-likeness (QED) is 0.819. The summed E-state index contributed by atoms with van der Waals surface area (Å²) >= 11 is 0. The first kappa shape index (κ1) is 10.8. The molecular formula is C10H12ClN3. The second-order valence-corrected chi connectivity index (χ2v) is 2.84. The Balaban J connectivity index is 0.000000980. The van der Waals surface area contributed by atoms with Crippen LogP contribution in [0.2, 0.25) is 0 Å². The standard InChI is InChI=1S/C10H11N3.ClH/c11-7-9-2-1-3-10(6-9)13-5-4-12-8-13;/h1-6,8H,7,11H2;1H. The van der Waals surface area contributed by atoms with Gasteiger partial charge in [0, 0.05) is 24.6 Å². The summed E-state index contributed by atoms with van der Waals surface area (Å²) in [6.45, 7) is 0.572. The van der Waals surface area contributed by atoms with Crippen LogP contribution in [0.15, 0.2) is 43.0 Å². The molecule has 2 rings (SSSR count). The van der Waals surface area contributed by atoms with E-state index in [0.29, 0.717) is 6.54 Å². The van der Waals surface area contributed by atoms with Crippen molar-refractivity contribution in [2.45, 2.75) is 6.54 Å². The number of nitrogens with zero attached hydrogens (tertiary/aromatic N) is 2. The highest BCUT2D eigenvalue weighted by Crippen LogP contribution is 2.09. The predicted octanol–water partition coefficient (Wildman–Crippen LogP) is 1.75. The predicted molar refractivity (Wildman–Crippen MR) is 58.7 cm³/mol. The van der Waals surface area contributed by atoms with Gasteiger partial charge in [-0.2, -0.15) is 0 Å². The van der Waals surface area contributed by atoms with Gasteiger partial charge in [0.2, 0.25) is 0 Å². The van der Waals surface area contributed by atoms with E-state index in [-0.39, 0.29) is 12.4 Å². The van der Waals surface area contributed by atoms with Crippen LogP contribution in [-0.4, -0.2) is 9.55 Å². The lowest BCUT2D eigenvalue weighted by Gasteiger charge is -2.03. The molecule has 0 aliphatic rings. The Morgan fingerprint density at radius 1 is 1.36 bits per heavy atom. The van der Waals surface area contributed by atoms with Gasteiger partial charge in [-0.15, -0.1) is 12.4 Å². The van der Waals surface area contributed by atoms with Crippen molar-refractivity contribution in [3.63, 3.8) is 0 Å². The van der Waals surface area contributed by atoms with Crippen LogP contribution in [0.5, 0.6) is 0 Å². The maximum Gasteiger partial charge on any atom is 0.0991 e. The van der Waals surface area contributed by atoms with Crippen molar-refractivity contribution in [1.29, 1.82) is 0 Å². The summed E-state index contributed by atoms with van der Waals surface area (Å²) in [5.41, 5.74) is 7.78. The number of halogens is 1. The molecule has 0 bridgehead atoms. The normalized spacial score (nSPS) is 9.50. The molecule has 0 aliphatic heterocycles. The Bertz CT molecular complexity index is 384. The summed E-state index contributed by atoms with van der Waals surface area (Å²) < 4.78 is 1.96. The minimum atomic E-state index is 0. The molecule has 74 valence electrons. The van der Waals surface area contributed by atoms with E-state index in [4.69, 9.17) is 5.73 Å². The Labute approximate surface area is 89.0 Å². The topological polar surface area (TPSA) is 43.8 Å². The van der Waals surface area contributed by atoms with Gasteiger partial charge in [0.15, 0.2) is 0 Å². The van der Waals surface area contributed by atoms with Crippen molar-refractivity contribution in [3.8, 4) is 5.69 Å². The Morgan fingerprint density at radius 2 is 2.21 bits per heavy atom. The van der Waals surface area contributed by atoms with Gasteiger partial charge in [-0.3, -0.25) is 0 Å². The third-order valence-corrected chi connectivity index (χ3v) is 1.95. The lowest BCUT2D eigenvalue weighted by Crippen LogP contribution is -1.98. The molecule has 4 heteroatoms. The van der Waals surface area contributed by atoms with Crippen molar-refractivity contribution < 1.29 is 0 Å². The third kappa shape index (κ3) is 2.13. The summed E-state index contributed by atoms with van der Waals surface area (Å²) in [6, 6.07) is 8.10. The van der Waals surface area contributed by atoms with Crippen molar-refractivity contribution >= 4 is 12.4 Å². The minimum Gasteiger partial charge on any atom is -0.326 e. The molecule has 3 nitrogen and oxygen atoms in total. The lowest BCUT2D eigenvalue weighted by atomic mass is 10.2. The number of aromatic nitrogens is 2. The largest absolute Gasteiger partial charge is 0.326 e. The van der Waals surface area contributed by atoms with Crippen LogP contribution in [-0.2, 0) is 6.54 Å². The summed E-state index contributed by atoms with van der Waals surface area (Å²) in [5.74, 6) is 0. The molecular weight excluding hydrogens is 198 g/mol. The Kier molecular flexibility index (Phi) is 3.68. The molecule has 0 fully saturated rings. The van der Waals surface area contributed by atoms with Crippen LogP contribution < -0.4 is 5.73 Å². The summed E-state index contributed by atoms with van der Waals surface area (Å²) in [7, 11) is 0. The molecule has 0 amide bonds. The van der Waals surface area contributed by atoms with Crippen LogP contribution >= 0.6 is 12.4 Å². The fourth-order valence-electron chi connectivity index (χ4n) is 1.26. The zero-order valence-electron chi connectivity index (χ0n) is 7.63. The second-order valence-electron chi connectivity index (χ2n) is 2.84. The van der Waals surface area contributed by atoms with Gasteiger partial charge in [-0.1, -0.05) is 12.1 Å². The van der Waals surface area contributed by atoms with Crippen molar-refractivity contribution in [2.75, 3.05) is 0 Å². The maximum absolute atomic E-state index is 5.55. The van der Waals surface area contributed by atoms with Crippen LogP contribution in [0.1, 0.15) is 5.56 Å². The average molecular weight is 210 g/mol. The Hall–Kier alpha value is -1.32. The summed E-state index contributed by atoms with van der Waals surface area (Å²) in [6.07, 6.45) is 5.44. The first-order valence-electron chi connectivity index (χ1n) is 4.17. The summed E-state index contributed by atoms with van der Waals surface area (Å²) in [5, 5.41) is 0. The first-order valence-corrected chi connectivity index (χ1v) is 4.17. The number of benzene rings is 1. The monoisotopic (exact) mass is 209 g/mol. The average Bonchev–Trinajstić information content (AvgIpc) is 2.71. The van der Waals surface area contributed by atoms with E-state index in [0.717, 1.165) is 11.3 Å². The van der Waals surface area contributed by atoms with Gasteiger partial charge >= 0.3 is 0 Å². The van der Waals surface area contributed by atoms with Crippen molar-refractivity contribution in [3.05, 3.63) is 48.5 Å². The first-order chi connectivity index (χ1) is 6.40. The van der Waals surface area contributed by atoms with Crippen molar-refractivity contribution in [1.82, 2.24) is 9.55 Å². The van der Waals surface area contributed by atoms with Gasteiger partial charge in [-0.25, -0.2) is 4.98 Å². The molecule has 0 aliphatic carbocycles. The number of nitrogens with two attached hydrogens (primary N) is 1. The fraction of sp³-hybridized carbons (Fsp3) is 0.100. The fourth-order valence-corrected chi connectivity index (χ4v) is 1.26. The molecule has 0 saturated carbocycles. The minimum absolute atomic E-state index is 0. The molecule has 0 radical (unpaired) electrons. The highest BCUT2D eigenvalue weighted by atomic mass is 35.5. The highest BCUT2D eigenvalue weighted by molar-refractivity contribution is 5.85. The van der Waals surface area contributed by atoms with Gasteiger partial charge in [0.25, 0.3) is 0 Å². The molecule has 0 spiro atoms. The molecule has 1 heterocycles. The molecule has 0 saturated heterocycles. The molecule has 0 atom stereocenters. The van der Waals surface area contributed by atoms with Gasteiger partial charge in [0.05, 0.1) is 6.33 Å². The van der Waals surface area contributed by atoms with E-state index >= 15 is 0 Å². The molecule has 0 unspecified atom stereocenters. The summed E-state index contributed by atoms with van der Waals surface area (Å²) in [4.78, 5) is 3.99. The molecule has 1 aromatic carbocycles. The van der Waals surface area contributed by atoms with E-state index in [9.17, 15) is 0 Å². The number of imidazole rings is 1. The van der Waals surface area contributed by atoms with Gasteiger partial charge in [-0.05, 0) is 17.7 Å². The lowest BCUT2D eigenvalue weighted by molar-refractivity contribution is 1.02. The number of hydrogen-bond acceptors (Lipinski definition) is 2. The van der Waals surface area contributed by atoms with E-state index in [1.807, 2.05) is 29.0 Å². The van der Waals surface area contributed by atoms with E-state index in [2.05, 4.69) is 11.1 Å². The SMILES string of the molecule is Cl.NCc1cccc(-n2ccnc2)c1. The van der Waals surface area contributed by atoms with E-state index in [1.165, 1.54) is 0 Å². The molecule has 2 aromatic rings. The van der Waals surface area contributed by atoms with Crippen LogP contribution in [0.4, 0.5) is 0 Å². The van der Waals surface area contributed by atoms with Gasteiger partial charge < -0.3 is 10.3 Å². The molecule has 1 aromatic heterocycles. The number of hydrogen-bond donors (Lipinski definition) is 1. The van der Waals surface area contributed by atoms with Crippen LogP contribution in [0, 0.1) is 0 Å².